The Morgan fingerprint density at radius 2 is 2.10 bits per heavy atom. The first-order valence-electron chi connectivity index (χ1n) is 6.98. The van der Waals surface area contributed by atoms with Gasteiger partial charge in [0.25, 0.3) is 0 Å². The molecule has 1 fully saturated rings. The third-order valence-electron chi connectivity index (χ3n) is 3.60. The molecule has 0 bridgehead atoms. The molecule has 2 aromatic rings. The fourth-order valence-electron chi connectivity index (χ4n) is 2.48. The van der Waals surface area contributed by atoms with Crippen LogP contribution in [0.2, 0.25) is 0 Å². The smallest absolute Gasteiger partial charge is 0.323 e. The Bertz CT molecular complexity index is 628. The summed E-state index contributed by atoms with van der Waals surface area (Å²) in [5.41, 5.74) is 1.17. The topological polar surface area (TPSA) is 75.9 Å². The summed E-state index contributed by atoms with van der Waals surface area (Å²) < 4.78 is 2.01. The Morgan fingerprint density at radius 1 is 1.33 bits per heavy atom. The number of aromatic nitrogens is 4. The van der Waals surface area contributed by atoms with Crippen LogP contribution in [-0.2, 0) is 0 Å². The lowest BCUT2D eigenvalue weighted by Gasteiger charge is -2.31. The van der Waals surface area contributed by atoms with Crippen LogP contribution < -0.4 is 5.32 Å². The van der Waals surface area contributed by atoms with Gasteiger partial charge in [-0.05, 0) is 32.3 Å². The van der Waals surface area contributed by atoms with Gasteiger partial charge in [0.15, 0.2) is 0 Å². The summed E-state index contributed by atoms with van der Waals surface area (Å²) in [6, 6.07) is 0.285. The highest BCUT2D eigenvalue weighted by atomic mass is 32.1. The summed E-state index contributed by atoms with van der Waals surface area (Å²) in [4.78, 5) is 14.0. The van der Waals surface area contributed by atoms with E-state index in [-0.39, 0.29) is 6.03 Å². The van der Waals surface area contributed by atoms with E-state index in [0.717, 1.165) is 30.9 Å². The highest BCUT2D eigenvalue weighted by molar-refractivity contribution is 7.15. The van der Waals surface area contributed by atoms with Gasteiger partial charge in [-0.3, -0.25) is 10.00 Å². The second kappa shape index (κ2) is 5.80. The number of aryl methyl sites for hydroxylation is 2. The van der Waals surface area contributed by atoms with Crippen LogP contribution in [0.5, 0.6) is 0 Å². The maximum absolute atomic E-state index is 12.2. The fourth-order valence-corrected chi connectivity index (χ4v) is 3.07. The Labute approximate surface area is 127 Å². The number of likely N-dealkylation sites (tertiary alicyclic amines) is 1. The molecule has 8 heteroatoms. The normalized spacial score (nSPS) is 16.2. The average Bonchev–Trinajstić information content (AvgIpc) is 3.08. The lowest BCUT2D eigenvalue weighted by Crippen LogP contribution is -2.41. The molecule has 0 saturated carbocycles. The number of anilines is 1. The second-order valence-electron chi connectivity index (χ2n) is 5.27. The third kappa shape index (κ3) is 3.21. The first-order valence-corrected chi connectivity index (χ1v) is 7.80. The van der Waals surface area contributed by atoms with E-state index < -0.39 is 0 Å². The summed E-state index contributed by atoms with van der Waals surface area (Å²) >= 11 is 1.39. The van der Waals surface area contributed by atoms with Crippen LogP contribution in [0.3, 0.4) is 0 Å². The lowest BCUT2D eigenvalue weighted by atomic mass is 10.1. The molecule has 0 spiro atoms. The highest BCUT2D eigenvalue weighted by Gasteiger charge is 2.24. The van der Waals surface area contributed by atoms with E-state index in [1.807, 2.05) is 29.6 Å². The average molecular weight is 306 g/mol. The van der Waals surface area contributed by atoms with E-state index in [1.54, 1.807) is 0 Å². The molecule has 2 aromatic heterocycles. The largest absolute Gasteiger partial charge is 0.324 e. The van der Waals surface area contributed by atoms with Crippen molar-refractivity contribution in [3.63, 3.8) is 0 Å². The van der Waals surface area contributed by atoms with E-state index in [0.29, 0.717) is 11.2 Å². The van der Waals surface area contributed by atoms with Gasteiger partial charge in [0.05, 0.1) is 12.2 Å². The molecule has 2 amide bonds. The first-order chi connectivity index (χ1) is 10.1. The zero-order valence-corrected chi connectivity index (χ0v) is 12.9. The zero-order valence-electron chi connectivity index (χ0n) is 12.1. The SMILES string of the molecule is Cc1cnn(C2CCN(C(=O)Nc3nnc(C)s3)CC2)c1. The minimum absolute atomic E-state index is 0.0961. The summed E-state index contributed by atoms with van der Waals surface area (Å²) in [5, 5.41) is 16.4. The summed E-state index contributed by atoms with van der Waals surface area (Å²) in [7, 11) is 0. The number of amides is 2. The Morgan fingerprint density at radius 3 is 2.67 bits per heavy atom. The molecule has 7 nitrogen and oxygen atoms in total. The van der Waals surface area contributed by atoms with E-state index in [4.69, 9.17) is 0 Å². The molecular formula is C13H18N6OS. The van der Waals surface area contributed by atoms with Crippen LogP contribution in [0.15, 0.2) is 12.4 Å². The van der Waals surface area contributed by atoms with Crippen LogP contribution in [0.25, 0.3) is 0 Å². The molecule has 0 aromatic carbocycles. The lowest BCUT2D eigenvalue weighted by molar-refractivity contribution is 0.180. The molecule has 21 heavy (non-hydrogen) atoms. The number of rotatable bonds is 2. The van der Waals surface area contributed by atoms with Gasteiger partial charge in [-0.2, -0.15) is 5.10 Å². The number of piperidine rings is 1. The summed E-state index contributed by atoms with van der Waals surface area (Å²) in [6.07, 6.45) is 5.77. The van der Waals surface area contributed by atoms with Crippen molar-refractivity contribution in [2.45, 2.75) is 32.7 Å². The van der Waals surface area contributed by atoms with Crippen molar-refractivity contribution in [3.05, 3.63) is 23.0 Å². The van der Waals surface area contributed by atoms with E-state index in [1.165, 1.54) is 16.9 Å². The number of carbonyl (C=O) groups excluding carboxylic acids is 1. The maximum atomic E-state index is 12.2. The predicted molar refractivity (Wildman–Crippen MR) is 80.5 cm³/mol. The highest BCUT2D eigenvalue weighted by Crippen LogP contribution is 2.23. The molecule has 1 aliphatic heterocycles. The van der Waals surface area contributed by atoms with Crippen molar-refractivity contribution in [1.29, 1.82) is 0 Å². The van der Waals surface area contributed by atoms with Crippen LogP contribution in [0.4, 0.5) is 9.93 Å². The van der Waals surface area contributed by atoms with Gasteiger partial charge in [0.1, 0.15) is 5.01 Å². The number of carbonyl (C=O) groups is 1. The van der Waals surface area contributed by atoms with Gasteiger partial charge in [0, 0.05) is 19.3 Å². The molecule has 1 N–H and O–H groups in total. The van der Waals surface area contributed by atoms with Crippen molar-refractivity contribution >= 4 is 22.5 Å². The maximum Gasteiger partial charge on any atom is 0.323 e. The number of nitrogens with zero attached hydrogens (tertiary/aromatic N) is 5. The van der Waals surface area contributed by atoms with Crippen molar-refractivity contribution in [3.8, 4) is 0 Å². The van der Waals surface area contributed by atoms with E-state index in [9.17, 15) is 4.79 Å². The van der Waals surface area contributed by atoms with Gasteiger partial charge >= 0.3 is 6.03 Å². The zero-order chi connectivity index (χ0) is 14.8. The number of urea groups is 1. The monoisotopic (exact) mass is 306 g/mol. The van der Waals surface area contributed by atoms with Crippen LogP contribution >= 0.6 is 11.3 Å². The van der Waals surface area contributed by atoms with E-state index >= 15 is 0 Å². The van der Waals surface area contributed by atoms with Gasteiger partial charge in [-0.1, -0.05) is 11.3 Å². The van der Waals surface area contributed by atoms with Crippen molar-refractivity contribution in [1.82, 2.24) is 24.9 Å². The standard InChI is InChI=1S/C13H18N6OS/c1-9-7-14-19(8-9)11-3-5-18(6-4-11)13(20)15-12-17-16-10(2)21-12/h7-8,11H,3-6H2,1-2H3,(H,15,17,20). The molecule has 112 valence electrons. The molecule has 3 rings (SSSR count). The summed E-state index contributed by atoms with van der Waals surface area (Å²) in [5.74, 6) is 0. The Hall–Kier alpha value is -1.96. The third-order valence-corrected chi connectivity index (χ3v) is 4.35. The Kier molecular flexibility index (Phi) is 3.87. The number of hydrogen-bond donors (Lipinski definition) is 1. The molecule has 0 aliphatic carbocycles. The molecular weight excluding hydrogens is 288 g/mol. The van der Waals surface area contributed by atoms with Gasteiger partial charge in [0.2, 0.25) is 5.13 Å². The molecule has 3 heterocycles. The molecule has 0 radical (unpaired) electrons. The van der Waals surface area contributed by atoms with Gasteiger partial charge < -0.3 is 4.90 Å². The molecule has 0 unspecified atom stereocenters. The van der Waals surface area contributed by atoms with Gasteiger partial charge in [-0.15, -0.1) is 10.2 Å². The first kappa shape index (κ1) is 14.0. The van der Waals surface area contributed by atoms with Crippen LogP contribution in [0, 0.1) is 13.8 Å². The second-order valence-corrected chi connectivity index (χ2v) is 6.45. The van der Waals surface area contributed by atoms with Crippen molar-refractivity contribution < 1.29 is 4.79 Å². The van der Waals surface area contributed by atoms with Crippen molar-refractivity contribution in [2.75, 3.05) is 18.4 Å². The van der Waals surface area contributed by atoms with Crippen LogP contribution in [0.1, 0.15) is 29.5 Å². The molecule has 0 atom stereocenters. The minimum atomic E-state index is -0.0961. The van der Waals surface area contributed by atoms with Crippen LogP contribution in [-0.4, -0.2) is 44.0 Å². The minimum Gasteiger partial charge on any atom is -0.324 e. The van der Waals surface area contributed by atoms with Gasteiger partial charge in [-0.25, -0.2) is 4.79 Å². The van der Waals surface area contributed by atoms with Crippen molar-refractivity contribution in [2.24, 2.45) is 0 Å². The molecule has 1 aliphatic rings. The summed E-state index contributed by atoms with van der Waals surface area (Å²) in [6.45, 7) is 5.36. The molecule has 1 saturated heterocycles. The quantitative estimate of drug-likeness (QED) is 0.923. The number of nitrogens with one attached hydrogen (secondary N) is 1. The number of hydrogen-bond acceptors (Lipinski definition) is 5. The Balaban J connectivity index is 1.54. The van der Waals surface area contributed by atoms with E-state index in [2.05, 4.69) is 26.8 Å². The predicted octanol–water partition coefficient (Wildman–Crippen LogP) is 2.22. The fraction of sp³-hybridized carbons (Fsp3) is 0.538.